The van der Waals surface area contributed by atoms with Crippen molar-refractivity contribution in [3.63, 3.8) is 0 Å². The molecule has 3 atom stereocenters. The van der Waals surface area contributed by atoms with Gasteiger partial charge in [-0.05, 0) is 113 Å². The summed E-state index contributed by atoms with van der Waals surface area (Å²) in [6.45, 7) is 10.9. The van der Waals surface area contributed by atoms with Gasteiger partial charge < -0.3 is 19.4 Å². The minimum Gasteiger partial charge on any atom is -0.490 e. The molecule has 3 aromatic carbocycles. The summed E-state index contributed by atoms with van der Waals surface area (Å²) in [6, 6.07) is 18.0. The Hall–Kier alpha value is -5.69. The van der Waals surface area contributed by atoms with E-state index in [0.717, 1.165) is 93.7 Å². The maximum atomic E-state index is 13.7. The van der Waals surface area contributed by atoms with Gasteiger partial charge in [-0.1, -0.05) is 29.5 Å². The van der Waals surface area contributed by atoms with E-state index in [1.165, 1.54) is 0 Å². The minimum atomic E-state index is -0.971. The van der Waals surface area contributed by atoms with Gasteiger partial charge >= 0.3 is 0 Å². The number of hydrogen-bond acceptors (Lipinski definition) is 8. The van der Waals surface area contributed by atoms with Crippen LogP contribution < -0.4 is 15.0 Å². The summed E-state index contributed by atoms with van der Waals surface area (Å²) in [5.41, 5.74) is 3.51. The highest BCUT2D eigenvalue weighted by Gasteiger charge is 2.46. The second kappa shape index (κ2) is 16.2. The molecule has 5 amide bonds. The van der Waals surface area contributed by atoms with E-state index < -0.39 is 29.7 Å². The summed E-state index contributed by atoms with van der Waals surface area (Å²) < 4.78 is 6.26. The highest BCUT2D eigenvalue weighted by Crippen LogP contribution is 2.39. The van der Waals surface area contributed by atoms with Crippen molar-refractivity contribution in [2.45, 2.75) is 94.5 Å². The van der Waals surface area contributed by atoms with Crippen molar-refractivity contribution in [3.8, 4) is 17.6 Å². The number of hydrogen-bond donors (Lipinski definition) is 1. The van der Waals surface area contributed by atoms with Crippen LogP contribution in [0.15, 0.2) is 60.7 Å². The first-order valence-electron chi connectivity index (χ1n) is 20.8. The Labute approximate surface area is 348 Å². The number of carbonyl (C=O) groups is 5. The molecule has 0 saturated carbocycles. The second-order valence-electron chi connectivity index (χ2n) is 16.6. The molecule has 12 nitrogen and oxygen atoms in total. The molecule has 1 N–H and O–H groups in total. The van der Waals surface area contributed by atoms with Crippen LogP contribution in [0.2, 0.25) is 5.02 Å². The number of nitrogens with zero attached hydrogens (tertiary/aromatic N) is 5. The second-order valence-corrected chi connectivity index (χ2v) is 17.0. The van der Waals surface area contributed by atoms with Crippen LogP contribution in [0, 0.1) is 24.3 Å². The third-order valence-corrected chi connectivity index (χ3v) is 13.4. The van der Waals surface area contributed by atoms with E-state index in [1.54, 1.807) is 30.3 Å². The number of imide groups is 2. The smallest absolute Gasteiger partial charge is 0.262 e. The molecule has 5 fully saturated rings. The molecule has 5 saturated heterocycles. The lowest BCUT2D eigenvalue weighted by Gasteiger charge is -2.42. The zero-order valence-corrected chi connectivity index (χ0v) is 33.5. The molecule has 9 rings (SSSR count). The first-order chi connectivity index (χ1) is 28.6. The first-order valence-corrected chi connectivity index (χ1v) is 21.1. The van der Waals surface area contributed by atoms with Gasteiger partial charge in [-0.25, -0.2) is 4.85 Å². The Balaban J connectivity index is 0.734. The predicted molar refractivity (Wildman–Crippen MR) is 220 cm³/mol. The summed E-state index contributed by atoms with van der Waals surface area (Å²) >= 11 is 6.22. The standard InChI is InChI=1S/C46H45ClN6O6/c1-48-40-13-11-35(27-39(40)47)59-36-24-33-8-9-34(25-36)52(33)44(56)30-6-4-28(5-7-30)2-3-29-16-20-50(21-17-29)31-18-22-51(23-19-31)32-10-12-37-38(26-32)46(58)53(45(37)57)41-14-15-42(54)49-43(41)55/h4-7,10-13,26-27,29,31,33-34,36,41H,8-9,14-25H2,(H,49,54,55). The molecule has 6 aliphatic rings. The summed E-state index contributed by atoms with van der Waals surface area (Å²) in [5.74, 6) is 5.96. The molecular weight excluding hydrogens is 768 g/mol. The maximum Gasteiger partial charge on any atom is 0.262 e. The molecule has 6 heterocycles. The Kier molecular flexibility index (Phi) is 10.6. The molecule has 302 valence electrons. The Morgan fingerprint density at radius 1 is 0.797 bits per heavy atom. The van der Waals surface area contributed by atoms with Crippen LogP contribution >= 0.6 is 11.6 Å². The molecule has 0 aromatic heterocycles. The van der Waals surface area contributed by atoms with Crippen LogP contribution in [-0.2, 0) is 9.59 Å². The van der Waals surface area contributed by atoms with E-state index in [0.29, 0.717) is 45.1 Å². The lowest BCUT2D eigenvalue weighted by atomic mass is 9.93. The van der Waals surface area contributed by atoms with Gasteiger partial charge in [-0.15, -0.1) is 0 Å². The van der Waals surface area contributed by atoms with Crippen molar-refractivity contribution in [2.24, 2.45) is 5.92 Å². The summed E-state index contributed by atoms with van der Waals surface area (Å²) in [7, 11) is 0. The first kappa shape index (κ1) is 38.8. The van der Waals surface area contributed by atoms with Crippen molar-refractivity contribution < 1.29 is 28.7 Å². The number of carbonyl (C=O) groups excluding carboxylic acids is 5. The number of likely N-dealkylation sites (tertiary alicyclic amines) is 1. The number of amides is 5. The third-order valence-electron chi connectivity index (χ3n) is 13.1. The van der Waals surface area contributed by atoms with Gasteiger partial charge in [0, 0.05) is 73.2 Å². The average Bonchev–Trinajstić information content (AvgIpc) is 3.66. The molecular formula is C46H45ClN6O6. The lowest BCUT2D eigenvalue weighted by Crippen LogP contribution is -2.54. The fourth-order valence-electron chi connectivity index (χ4n) is 9.98. The van der Waals surface area contributed by atoms with Crippen molar-refractivity contribution >= 4 is 52.5 Å². The summed E-state index contributed by atoms with van der Waals surface area (Å²) in [4.78, 5) is 75.6. The predicted octanol–water partition coefficient (Wildman–Crippen LogP) is 6.24. The van der Waals surface area contributed by atoms with Crippen LogP contribution in [0.5, 0.6) is 5.75 Å². The van der Waals surface area contributed by atoms with Crippen molar-refractivity contribution in [2.75, 3.05) is 31.1 Å². The number of rotatable bonds is 6. The van der Waals surface area contributed by atoms with Crippen LogP contribution in [0.25, 0.3) is 4.85 Å². The molecule has 59 heavy (non-hydrogen) atoms. The molecule has 0 radical (unpaired) electrons. The number of nitrogens with one attached hydrogen (secondary N) is 1. The van der Waals surface area contributed by atoms with Crippen LogP contribution in [0.4, 0.5) is 11.4 Å². The highest BCUT2D eigenvalue weighted by atomic mass is 35.5. The largest absolute Gasteiger partial charge is 0.490 e. The van der Waals surface area contributed by atoms with Gasteiger partial charge in [0.15, 0.2) is 0 Å². The molecule has 3 unspecified atom stereocenters. The van der Waals surface area contributed by atoms with Crippen LogP contribution in [-0.4, -0.2) is 101 Å². The highest BCUT2D eigenvalue weighted by molar-refractivity contribution is 6.33. The van der Waals surface area contributed by atoms with E-state index in [9.17, 15) is 24.0 Å². The van der Waals surface area contributed by atoms with E-state index in [1.807, 2.05) is 30.3 Å². The van der Waals surface area contributed by atoms with Gasteiger partial charge in [0.2, 0.25) is 17.5 Å². The van der Waals surface area contributed by atoms with Gasteiger partial charge in [0.25, 0.3) is 17.7 Å². The van der Waals surface area contributed by atoms with E-state index in [4.69, 9.17) is 22.9 Å². The Morgan fingerprint density at radius 3 is 2.19 bits per heavy atom. The van der Waals surface area contributed by atoms with Crippen molar-refractivity contribution in [1.29, 1.82) is 0 Å². The quantitative estimate of drug-likeness (QED) is 0.177. The number of halogens is 1. The maximum absolute atomic E-state index is 13.7. The normalized spacial score (nSPS) is 25.0. The molecule has 6 aliphatic heterocycles. The fourth-order valence-corrected chi connectivity index (χ4v) is 10.2. The SMILES string of the molecule is [C-]#[N+]c1ccc(OC2CC3CCC(C2)N3C(=O)c2ccc(C#CC3CCN(C4CCN(c5ccc6c(c5)C(=O)N(C5CCC(=O)NC5=O)C6=O)CC4)CC3)cc2)cc1Cl. The minimum absolute atomic E-state index is 0.00172. The van der Waals surface area contributed by atoms with Gasteiger partial charge in [0.1, 0.15) is 17.9 Å². The lowest BCUT2D eigenvalue weighted by molar-refractivity contribution is -0.136. The third kappa shape index (κ3) is 7.68. The molecule has 0 aliphatic carbocycles. The van der Waals surface area contributed by atoms with Crippen molar-refractivity contribution in [3.05, 3.63) is 99.4 Å². The van der Waals surface area contributed by atoms with Gasteiger partial charge in [-0.2, -0.15) is 0 Å². The van der Waals surface area contributed by atoms with Crippen LogP contribution in [0.3, 0.4) is 0 Å². The molecule has 13 heteroatoms. The van der Waals surface area contributed by atoms with Gasteiger partial charge in [0.05, 0.1) is 22.7 Å². The zero-order valence-electron chi connectivity index (χ0n) is 32.7. The number of benzene rings is 3. The number of ether oxygens (including phenoxy) is 1. The zero-order chi connectivity index (χ0) is 40.8. The number of anilines is 1. The van der Waals surface area contributed by atoms with Gasteiger partial charge in [-0.3, -0.25) is 34.2 Å². The molecule has 3 aromatic rings. The topological polar surface area (TPSA) is 124 Å². The summed E-state index contributed by atoms with van der Waals surface area (Å²) in [5, 5.41) is 2.63. The van der Waals surface area contributed by atoms with Crippen LogP contribution in [0.1, 0.15) is 101 Å². The summed E-state index contributed by atoms with van der Waals surface area (Å²) in [6.07, 6.45) is 7.71. The molecule has 0 spiro atoms. The monoisotopic (exact) mass is 812 g/mol. The number of fused-ring (bicyclic) bond motifs is 3. The Morgan fingerprint density at radius 2 is 1.51 bits per heavy atom. The number of piperidine rings is 4. The average molecular weight is 813 g/mol. The van der Waals surface area contributed by atoms with Crippen molar-refractivity contribution in [1.82, 2.24) is 20.0 Å². The fraction of sp³-hybridized carbons (Fsp3) is 0.435. The Bertz CT molecular complexity index is 2300. The van der Waals surface area contributed by atoms with E-state index >= 15 is 0 Å². The van der Waals surface area contributed by atoms with E-state index in [-0.39, 0.29) is 36.9 Å². The van der Waals surface area contributed by atoms with E-state index in [2.05, 4.69) is 36.7 Å². The molecule has 2 bridgehead atoms.